The van der Waals surface area contributed by atoms with Gasteiger partial charge >= 0.3 is 11.9 Å². The summed E-state index contributed by atoms with van der Waals surface area (Å²) in [6.07, 6.45) is 5.59. The third-order valence-corrected chi connectivity index (χ3v) is 7.55. The van der Waals surface area contributed by atoms with E-state index < -0.39 is 53.6 Å². The van der Waals surface area contributed by atoms with E-state index >= 15 is 0 Å². The highest BCUT2D eigenvalue weighted by molar-refractivity contribution is 7.98. The van der Waals surface area contributed by atoms with Gasteiger partial charge in [0.2, 0.25) is 11.8 Å². The predicted octanol–water partition coefficient (Wildman–Crippen LogP) is 3.15. The maximum absolute atomic E-state index is 13.4. The summed E-state index contributed by atoms with van der Waals surface area (Å²) in [6.45, 7) is 0.185. The fourth-order valence-corrected chi connectivity index (χ4v) is 5.60. The monoisotopic (exact) mass is 508 g/mol. The maximum Gasteiger partial charge on any atom is 0.325 e. The van der Waals surface area contributed by atoms with E-state index in [4.69, 9.17) is 0 Å². The highest BCUT2D eigenvalue weighted by Crippen LogP contribution is 2.50. The zero-order valence-corrected chi connectivity index (χ0v) is 20.6. The molecule has 2 aliphatic rings. The van der Waals surface area contributed by atoms with Gasteiger partial charge in [0.1, 0.15) is 5.54 Å². The smallest absolute Gasteiger partial charge is 0.325 e. The molecule has 2 saturated heterocycles. The van der Waals surface area contributed by atoms with Crippen LogP contribution in [0.15, 0.2) is 54.6 Å². The summed E-state index contributed by atoms with van der Waals surface area (Å²) in [5.74, 6) is -5.42. The van der Waals surface area contributed by atoms with Gasteiger partial charge in [-0.25, -0.2) is 0 Å². The van der Waals surface area contributed by atoms with Gasteiger partial charge in [-0.1, -0.05) is 66.7 Å². The van der Waals surface area contributed by atoms with E-state index in [0.717, 1.165) is 21.8 Å². The first-order valence-electron chi connectivity index (χ1n) is 11.7. The minimum atomic E-state index is -2.08. The maximum atomic E-state index is 13.4. The van der Waals surface area contributed by atoms with Gasteiger partial charge in [0, 0.05) is 12.6 Å². The molecule has 4 unspecified atom stereocenters. The Bertz CT molecular complexity index is 1180. The number of aliphatic carboxylic acids is 2. The molecule has 0 saturated carbocycles. The Morgan fingerprint density at radius 2 is 1.64 bits per heavy atom. The molecule has 4 rings (SSSR count). The van der Waals surface area contributed by atoms with Gasteiger partial charge in [-0.2, -0.15) is 11.8 Å². The first-order valence-corrected chi connectivity index (χ1v) is 13.1. The zero-order valence-electron chi connectivity index (χ0n) is 19.8. The molecular formula is C27H28N2O6S. The number of thioether (sulfide) groups is 1. The second kappa shape index (κ2) is 10.7. The van der Waals surface area contributed by atoms with Crippen LogP contribution in [0.4, 0.5) is 0 Å². The van der Waals surface area contributed by atoms with Crippen LogP contribution in [0, 0.1) is 11.8 Å². The van der Waals surface area contributed by atoms with E-state index in [1.54, 1.807) is 23.9 Å². The van der Waals surface area contributed by atoms with Crippen molar-refractivity contribution in [1.82, 2.24) is 10.2 Å². The fraction of sp³-hybridized carbons (Fsp3) is 0.333. The number of nitrogens with one attached hydrogen (secondary N) is 1. The first kappa shape index (κ1) is 25.7. The predicted molar refractivity (Wildman–Crippen MR) is 137 cm³/mol. The molecule has 2 aliphatic heterocycles. The number of fused-ring (bicyclic) bond motifs is 1. The van der Waals surface area contributed by atoms with Crippen molar-refractivity contribution in [3.63, 3.8) is 0 Å². The molecule has 2 amide bonds. The van der Waals surface area contributed by atoms with Crippen LogP contribution in [0.3, 0.4) is 0 Å². The first-order chi connectivity index (χ1) is 17.3. The van der Waals surface area contributed by atoms with E-state index in [0.29, 0.717) is 12.0 Å². The topological polar surface area (TPSA) is 124 Å². The number of carbonyl (C=O) groups is 4. The number of imide groups is 1. The molecule has 4 atom stereocenters. The van der Waals surface area contributed by atoms with Gasteiger partial charge in [0.05, 0.1) is 18.3 Å². The number of hydrogen-bond donors (Lipinski definition) is 3. The van der Waals surface area contributed by atoms with E-state index in [1.165, 1.54) is 0 Å². The highest BCUT2D eigenvalue weighted by Gasteiger charge is 2.68. The SMILES string of the molecule is CSCCCN1C(=O)C2C(c3ccc(/C=C/c4ccccc4)cc3)NC(CC(=O)O)(C(=O)O)C2C1=O. The minimum Gasteiger partial charge on any atom is -0.481 e. The van der Waals surface area contributed by atoms with Crippen molar-refractivity contribution in [3.05, 3.63) is 71.3 Å². The van der Waals surface area contributed by atoms with Crippen LogP contribution >= 0.6 is 11.8 Å². The number of nitrogens with zero attached hydrogens (tertiary/aromatic N) is 1. The van der Waals surface area contributed by atoms with Crippen molar-refractivity contribution in [3.8, 4) is 0 Å². The average molecular weight is 509 g/mol. The lowest BCUT2D eigenvalue weighted by Crippen LogP contribution is -2.57. The molecule has 36 heavy (non-hydrogen) atoms. The summed E-state index contributed by atoms with van der Waals surface area (Å²) < 4.78 is 0. The van der Waals surface area contributed by atoms with Gasteiger partial charge in [-0.05, 0) is 35.1 Å². The number of hydrogen-bond acceptors (Lipinski definition) is 6. The van der Waals surface area contributed by atoms with Crippen molar-refractivity contribution in [1.29, 1.82) is 0 Å². The van der Waals surface area contributed by atoms with Crippen molar-refractivity contribution < 1.29 is 29.4 Å². The lowest BCUT2D eigenvalue weighted by atomic mass is 9.77. The summed E-state index contributed by atoms with van der Waals surface area (Å²) in [5, 5.41) is 22.6. The van der Waals surface area contributed by atoms with E-state index in [2.05, 4.69) is 5.32 Å². The van der Waals surface area contributed by atoms with E-state index in [9.17, 15) is 29.4 Å². The Morgan fingerprint density at radius 3 is 2.22 bits per heavy atom. The summed E-state index contributed by atoms with van der Waals surface area (Å²) in [4.78, 5) is 52.0. The highest BCUT2D eigenvalue weighted by atomic mass is 32.2. The van der Waals surface area contributed by atoms with Crippen LogP contribution < -0.4 is 5.32 Å². The summed E-state index contributed by atoms with van der Waals surface area (Å²) in [7, 11) is 0. The van der Waals surface area contributed by atoms with Crippen LogP contribution in [0.5, 0.6) is 0 Å². The molecule has 8 nitrogen and oxygen atoms in total. The molecule has 3 N–H and O–H groups in total. The molecule has 2 aromatic rings. The molecule has 0 aliphatic carbocycles. The van der Waals surface area contributed by atoms with Crippen molar-refractivity contribution >= 4 is 47.7 Å². The third kappa shape index (κ3) is 4.81. The Morgan fingerprint density at radius 1 is 1.00 bits per heavy atom. The largest absolute Gasteiger partial charge is 0.481 e. The number of carboxylic acids is 2. The van der Waals surface area contributed by atoms with E-state index in [1.807, 2.05) is 60.9 Å². The Labute approximate surface area is 213 Å². The molecular weight excluding hydrogens is 480 g/mol. The van der Waals surface area contributed by atoms with Gasteiger partial charge in [0.25, 0.3) is 0 Å². The van der Waals surface area contributed by atoms with Crippen LogP contribution in [-0.4, -0.2) is 63.0 Å². The second-order valence-corrected chi connectivity index (χ2v) is 10.0. The van der Waals surface area contributed by atoms with Gasteiger partial charge in [-0.3, -0.25) is 29.4 Å². The number of carbonyl (C=O) groups excluding carboxylic acids is 2. The Balaban J connectivity index is 1.66. The van der Waals surface area contributed by atoms with Crippen molar-refractivity contribution in [2.75, 3.05) is 18.6 Å². The number of carboxylic acid groups (broad SMARTS) is 2. The molecule has 0 aromatic heterocycles. The second-order valence-electron chi connectivity index (χ2n) is 9.06. The Kier molecular flexibility index (Phi) is 7.61. The normalized spacial score (nSPS) is 25.5. The number of amides is 2. The average Bonchev–Trinajstić information content (AvgIpc) is 3.33. The van der Waals surface area contributed by atoms with Crippen LogP contribution in [0.25, 0.3) is 12.2 Å². The fourth-order valence-electron chi connectivity index (χ4n) is 5.18. The van der Waals surface area contributed by atoms with Gasteiger partial charge in [-0.15, -0.1) is 0 Å². The quantitative estimate of drug-likeness (QED) is 0.254. The molecule has 0 bridgehead atoms. The molecule has 188 valence electrons. The molecule has 0 radical (unpaired) electrons. The number of rotatable bonds is 10. The van der Waals surface area contributed by atoms with Crippen molar-refractivity contribution in [2.45, 2.75) is 24.4 Å². The lowest BCUT2D eigenvalue weighted by Gasteiger charge is -2.29. The third-order valence-electron chi connectivity index (χ3n) is 6.85. The summed E-state index contributed by atoms with van der Waals surface area (Å²) in [5.41, 5.74) is 0.495. The van der Waals surface area contributed by atoms with Crippen molar-refractivity contribution in [2.24, 2.45) is 11.8 Å². The molecule has 2 aromatic carbocycles. The van der Waals surface area contributed by atoms with Crippen LogP contribution in [-0.2, 0) is 19.2 Å². The lowest BCUT2D eigenvalue weighted by molar-refractivity contribution is -0.156. The van der Waals surface area contributed by atoms with Gasteiger partial charge < -0.3 is 10.2 Å². The van der Waals surface area contributed by atoms with Crippen LogP contribution in [0.1, 0.15) is 35.6 Å². The minimum absolute atomic E-state index is 0.185. The van der Waals surface area contributed by atoms with Gasteiger partial charge in [0.15, 0.2) is 0 Å². The summed E-state index contributed by atoms with van der Waals surface area (Å²) in [6, 6.07) is 16.3. The summed E-state index contributed by atoms with van der Waals surface area (Å²) >= 11 is 1.58. The molecule has 2 heterocycles. The molecule has 0 spiro atoms. The number of benzene rings is 2. The molecule has 9 heteroatoms. The number of likely N-dealkylation sites (tertiary alicyclic amines) is 1. The standard InChI is InChI=1S/C27H28N2O6S/c1-36-15-5-14-29-24(32)21-22(25(29)33)27(26(34)35,16-20(30)31)28-23(21)19-12-10-18(11-13-19)9-8-17-6-3-2-4-7-17/h2-4,6-13,21-23,28H,5,14-16H2,1H3,(H,30,31)(H,34,35)/b9-8+. The zero-order chi connectivity index (χ0) is 25.9. The molecule has 2 fully saturated rings. The van der Waals surface area contributed by atoms with Crippen LogP contribution in [0.2, 0.25) is 0 Å². The Hall–Kier alpha value is -3.43. The van der Waals surface area contributed by atoms with E-state index in [-0.39, 0.29) is 6.54 Å².